The molecule has 0 bridgehead atoms. The third-order valence-corrected chi connectivity index (χ3v) is 6.25. The summed E-state index contributed by atoms with van der Waals surface area (Å²) >= 11 is 1.87. The second-order valence-corrected chi connectivity index (χ2v) is 7.75. The molecule has 2 aliphatic heterocycles. The van der Waals surface area contributed by atoms with Crippen molar-refractivity contribution in [3.8, 4) is 0 Å². The van der Waals surface area contributed by atoms with Gasteiger partial charge in [0.1, 0.15) is 0 Å². The summed E-state index contributed by atoms with van der Waals surface area (Å²) in [5.74, 6) is 0. The van der Waals surface area contributed by atoms with Gasteiger partial charge in [0.15, 0.2) is 0 Å². The molecule has 0 amide bonds. The number of rotatable bonds is 4. The zero-order valence-electron chi connectivity index (χ0n) is 13.4. The van der Waals surface area contributed by atoms with Crippen LogP contribution < -0.4 is 5.73 Å². The number of nitrogens with zero attached hydrogens (tertiary/aromatic N) is 2. The molecule has 3 atom stereocenters. The number of aryl methyl sites for hydroxylation is 1. The molecule has 1 aromatic rings. The largest absolute Gasteiger partial charge is 0.326 e. The van der Waals surface area contributed by atoms with Crippen LogP contribution in [0.4, 0.5) is 0 Å². The van der Waals surface area contributed by atoms with E-state index in [1.165, 1.54) is 62.3 Å². The smallest absolute Gasteiger partial charge is 0.0593 e. The molecule has 2 N–H and O–H groups in total. The molecular formula is C17H29N3S. The minimum Gasteiger partial charge on any atom is -0.326 e. The summed E-state index contributed by atoms with van der Waals surface area (Å²) in [6.07, 6.45) is 5.51. The lowest BCUT2D eigenvalue weighted by molar-refractivity contribution is 0.147. The van der Waals surface area contributed by atoms with E-state index < -0.39 is 0 Å². The van der Waals surface area contributed by atoms with Crippen molar-refractivity contribution in [2.24, 2.45) is 5.73 Å². The first-order valence-corrected chi connectivity index (χ1v) is 9.32. The Morgan fingerprint density at radius 1 is 1.24 bits per heavy atom. The molecule has 21 heavy (non-hydrogen) atoms. The average Bonchev–Trinajstić information content (AvgIpc) is 3.11. The molecule has 3 rings (SSSR count). The molecular weight excluding hydrogens is 278 g/mol. The predicted molar refractivity (Wildman–Crippen MR) is 90.8 cm³/mol. The fraction of sp³-hybridized carbons (Fsp3) is 0.765. The Bertz CT molecular complexity index is 451. The fourth-order valence-corrected chi connectivity index (χ4v) is 5.20. The van der Waals surface area contributed by atoms with E-state index in [-0.39, 0.29) is 6.04 Å². The van der Waals surface area contributed by atoms with Crippen molar-refractivity contribution in [2.45, 2.75) is 57.7 Å². The van der Waals surface area contributed by atoms with Crippen LogP contribution in [0, 0.1) is 6.92 Å². The molecule has 4 heteroatoms. The van der Waals surface area contributed by atoms with Crippen LogP contribution in [-0.2, 0) is 0 Å². The minimum atomic E-state index is 0.197. The Labute approximate surface area is 133 Å². The van der Waals surface area contributed by atoms with Crippen LogP contribution in [0.15, 0.2) is 11.4 Å². The van der Waals surface area contributed by atoms with E-state index >= 15 is 0 Å². The van der Waals surface area contributed by atoms with Crippen LogP contribution in [0.2, 0.25) is 0 Å². The second kappa shape index (κ2) is 6.78. The second-order valence-electron chi connectivity index (χ2n) is 6.81. The van der Waals surface area contributed by atoms with Crippen LogP contribution in [0.25, 0.3) is 0 Å². The maximum absolute atomic E-state index is 6.35. The lowest BCUT2D eigenvalue weighted by Crippen LogP contribution is -2.43. The van der Waals surface area contributed by atoms with Crippen LogP contribution >= 0.6 is 11.3 Å². The zero-order chi connectivity index (χ0) is 14.8. The van der Waals surface area contributed by atoms with Crippen LogP contribution in [0.5, 0.6) is 0 Å². The molecule has 0 saturated carbocycles. The van der Waals surface area contributed by atoms with Crippen LogP contribution in [-0.4, -0.2) is 48.1 Å². The van der Waals surface area contributed by atoms with Crippen molar-refractivity contribution in [2.75, 3.05) is 26.2 Å². The highest BCUT2D eigenvalue weighted by molar-refractivity contribution is 7.10. The monoisotopic (exact) mass is 307 g/mol. The van der Waals surface area contributed by atoms with Gasteiger partial charge in [-0.25, -0.2) is 0 Å². The molecule has 3 nitrogen and oxygen atoms in total. The maximum Gasteiger partial charge on any atom is 0.0593 e. The molecule has 0 aromatic carbocycles. The van der Waals surface area contributed by atoms with Crippen molar-refractivity contribution in [1.82, 2.24) is 9.80 Å². The summed E-state index contributed by atoms with van der Waals surface area (Å²) in [6, 6.07) is 3.59. The third kappa shape index (κ3) is 3.34. The summed E-state index contributed by atoms with van der Waals surface area (Å²) in [5.41, 5.74) is 7.76. The summed E-state index contributed by atoms with van der Waals surface area (Å²) in [4.78, 5) is 6.84. The maximum atomic E-state index is 6.35. The van der Waals surface area contributed by atoms with Crippen molar-refractivity contribution in [3.63, 3.8) is 0 Å². The third-order valence-electron chi connectivity index (χ3n) is 5.16. The molecule has 2 fully saturated rings. The summed E-state index contributed by atoms with van der Waals surface area (Å²) in [7, 11) is 0. The van der Waals surface area contributed by atoms with Crippen LogP contribution in [0.1, 0.15) is 49.1 Å². The summed E-state index contributed by atoms with van der Waals surface area (Å²) < 4.78 is 0. The molecule has 0 aliphatic carbocycles. The molecule has 2 aliphatic rings. The van der Waals surface area contributed by atoms with E-state index in [4.69, 9.17) is 5.73 Å². The topological polar surface area (TPSA) is 32.5 Å². The molecule has 0 radical (unpaired) electrons. The highest BCUT2D eigenvalue weighted by Gasteiger charge is 2.35. The van der Waals surface area contributed by atoms with Gasteiger partial charge in [0.25, 0.3) is 0 Å². The molecule has 1 aromatic heterocycles. The number of likely N-dealkylation sites (tertiary alicyclic amines) is 2. The van der Waals surface area contributed by atoms with E-state index in [9.17, 15) is 0 Å². The van der Waals surface area contributed by atoms with E-state index in [0.29, 0.717) is 6.04 Å². The molecule has 0 spiro atoms. The number of nitrogens with two attached hydrogens (primary N) is 1. The van der Waals surface area contributed by atoms with Gasteiger partial charge in [-0.3, -0.25) is 9.80 Å². The van der Waals surface area contributed by atoms with Gasteiger partial charge in [0.05, 0.1) is 6.04 Å². The Morgan fingerprint density at radius 2 is 2.00 bits per heavy atom. The summed E-state index contributed by atoms with van der Waals surface area (Å²) in [5, 5.41) is 2.21. The lowest BCUT2D eigenvalue weighted by atomic mass is 10.0. The highest BCUT2D eigenvalue weighted by atomic mass is 32.1. The van der Waals surface area contributed by atoms with Crippen molar-refractivity contribution in [1.29, 1.82) is 0 Å². The SMILES string of the molecule is Cc1ccsc1C(C(C)N)N1CCC(N2CCCCC2)C1. The Hall–Kier alpha value is -0.420. The normalized spacial score (nSPS) is 27.9. The Morgan fingerprint density at radius 3 is 2.62 bits per heavy atom. The lowest BCUT2D eigenvalue weighted by Gasteiger charge is -2.34. The molecule has 118 valence electrons. The number of thiophene rings is 1. The standard InChI is InChI=1S/C17H29N3S/c1-13-7-11-21-17(13)16(14(2)18)20-10-6-15(12-20)19-8-4-3-5-9-19/h7,11,14-16H,3-6,8-10,12,18H2,1-2H3. The van der Waals surface area contributed by atoms with Crippen LogP contribution in [0.3, 0.4) is 0 Å². The molecule has 3 heterocycles. The van der Waals surface area contributed by atoms with Crippen molar-refractivity contribution < 1.29 is 0 Å². The van der Waals surface area contributed by atoms with Gasteiger partial charge >= 0.3 is 0 Å². The Balaban J connectivity index is 1.69. The number of hydrogen-bond acceptors (Lipinski definition) is 4. The first-order valence-electron chi connectivity index (χ1n) is 8.44. The van der Waals surface area contributed by atoms with Gasteiger partial charge < -0.3 is 5.73 Å². The fourth-order valence-electron chi connectivity index (χ4n) is 4.03. The average molecular weight is 308 g/mol. The first-order chi connectivity index (χ1) is 10.2. The Kier molecular flexibility index (Phi) is 4.99. The van der Waals surface area contributed by atoms with Gasteiger partial charge in [-0.2, -0.15) is 0 Å². The van der Waals surface area contributed by atoms with Gasteiger partial charge in [-0.1, -0.05) is 6.42 Å². The van der Waals surface area contributed by atoms with E-state index in [1.807, 2.05) is 11.3 Å². The first kappa shape index (κ1) is 15.5. The quantitative estimate of drug-likeness (QED) is 0.928. The summed E-state index contributed by atoms with van der Waals surface area (Å²) in [6.45, 7) is 9.39. The van der Waals surface area contributed by atoms with Gasteiger partial charge in [-0.05, 0) is 63.2 Å². The molecule has 3 unspecified atom stereocenters. The number of piperidine rings is 1. The van der Waals surface area contributed by atoms with Gasteiger partial charge in [0, 0.05) is 30.1 Å². The minimum absolute atomic E-state index is 0.197. The number of hydrogen-bond donors (Lipinski definition) is 1. The van der Waals surface area contributed by atoms with E-state index in [1.54, 1.807) is 0 Å². The van der Waals surface area contributed by atoms with Gasteiger partial charge in [0.2, 0.25) is 0 Å². The van der Waals surface area contributed by atoms with Gasteiger partial charge in [-0.15, -0.1) is 11.3 Å². The molecule has 2 saturated heterocycles. The zero-order valence-corrected chi connectivity index (χ0v) is 14.2. The van der Waals surface area contributed by atoms with Crippen molar-refractivity contribution in [3.05, 3.63) is 21.9 Å². The van der Waals surface area contributed by atoms with Crippen molar-refractivity contribution >= 4 is 11.3 Å². The van der Waals surface area contributed by atoms with E-state index in [0.717, 1.165) is 6.04 Å². The predicted octanol–water partition coefficient (Wildman–Crippen LogP) is 3.01. The highest BCUT2D eigenvalue weighted by Crippen LogP contribution is 2.34. The van der Waals surface area contributed by atoms with E-state index in [2.05, 4.69) is 35.1 Å².